The minimum atomic E-state index is -0.582. The van der Waals surface area contributed by atoms with Crippen LogP contribution in [0.2, 0.25) is 0 Å². The van der Waals surface area contributed by atoms with Crippen molar-refractivity contribution in [3.63, 3.8) is 0 Å². The summed E-state index contributed by atoms with van der Waals surface area (Å²) in [6.45, 7) is 16.8. The summed E-state index contributed by atoms with van der Waals surface area (Å²) in [6.07, 6.45) is 3.69. The van der Waals surface area contributed by atoms with Crippen molar-refractivity contribution in [2.45, 2.75) is 91.3 Å². The van der Waals surface area contributed by atoms with Gasteiger partial charge in [-0.1, -0.05) is 58.5 Å². The van der Waals surface area contributed by atoms with E-state index in [4.69, 9.17) is 16.2 Å². The molecule has 5 N–H and O–H groups in total. The Morgan fingerprint density at radius 3 is 2.21 bits per heavy atom. The molecule has 2 aliphatic rings. The van der Waals surface area contributed by atoms with E-state index in [1.807, 2.05) is 52.0 Å². The summed E-state index contributed by atoms with van der Waals surface area (Å²) in [6, 6.07) is 14.0. The van der Waals surface area contributed by atoms with Crippen LogP contribution in [-0.4, -0.2) is 39.6 Å². The zero-order valence-electron chi connectivity index (χ0n) is 24.5. The number of hydrogen-bond donors (Lipinski definition) is 3. The minimum Gasteiger partial charge on any atom is -0.494 e. The third-order valence-corrected chi connectivity index (χ3v) is 8.53. The van der Waals surface area contributed by atoms with Gasteiger partial charge in [0, 0.05) is 17.7 Å². The fourth-order valence-corrected chi connectivity index (χ4v) is 5.22. The van der Waals surface area contributed by atoms with Crippen molar-refractivity contribution in [2.24, 2.45) is 21.9 Å². The van der Waals surface area contributed by atoms with Crippen molar-refractivity contribution in [3.8, 4) is 5.75 Å². The number of benzene rings is 2. The van der Waals surface area contributed by atoms with E-state index in [1.54, 1.807) is 0 Å². The molecule has 7 nitrogen and oxygen atoms in total. The molecule has 1 aliphatic carbocycles. The lowest BCUT2D eigenvalue weighted by Gasteiger charge is -2.44. The number of hydrogen-bond acceptors (Lipinski definition) is 6. The van der Waals surface area contributed by atoms with Gasteiger partial charge >= 0.3 is 0 Å². The summed E-state index contributed by atoms with van der Waals surface area (Å²) >= 11 is 0. The van der Waals surface area contributed by atoms with Crippen LogP contribution in [0.5, 0.6) is 5.75 Å². The number of aliphatic hydroxyl groups is 1. The molecule has 4 rings (SSSR count). The number of rotatable bonds is 7. The van der Waals surface area contributed by atoms with Gasteiger partial charge < -0.3 is 21.3 Å². The van der Waals surface area contributed by atoms with E-state index in [-0.39, 0.29) is 22.8 Å². The Hall–Kier alpha value is -3.32. The topological polar surface area (TPSA) is 114 Å². The van der Waals surface area contributed by atoms with Gasteiger partial charge in [0.1, 0.15) is 5.75 Å². The Kier molecular flexibility index (Phi) is 9.16. The molecule has 0 fully saturated rings. The van der Waals surface area contributed by atoms with Gasteiger partial charge in [-0.15, -0.1) is 0 Å². The number of carbonyl (C=O) groups excluding carboxylic acids is 1. The summed E-state index contributed by atoms with van der Waals surface area (Å²) < 4.78 is 5.68. The molecule has 2 aromatic rings. The number of aliphatic imine (C=N–C) groups is 1. The predicted molar refractivity (Wildman–Crippen MR) is 159 cm³/mol. The van der Waals surface area contributed by atoms with Crippen LogP contribution in [0.15, 0.2) is 54.0 Å². The molecule has 7 heteroatoms. The highest BCUT2D eigenvalue weighted by Gasteiger charge is 2.43. The number of carbonyl (C=O) groups is 1. The van der Waals surface area contributed by atoms with Crippen LogP contribution < -0.4 is 16.2 Å². The molecule has 0 aromatic heterocycles. The van der Waals surface area contributed by atoms with Crippen LogP contribution >= 0.6 is 0 Å². The molecule has 1 amide bonds. The average Bonchev–Trinajstić information content (AvgIpc) is 2.87. The predicted octanol–water partition coefficient (Wildman–Crippen LogP) is 5.18. The second-order valence-corrected chi connectivity index (χ2v) is 11.6. The molecule has 212 valence electrons. The molecule has 0 radical (unpaired) electrons. The van der Waals surface area contributed by atoms with Crippen molar-refractivity contribution in [2.75, 3.05) is 6.61 Å². The number of amides is 1. The maximum absolute atomic E-state index is 12.7. The number of nitrogens with two attached hydrogens (primary N) is 2. The summed E-state index contributed by atoms with van der Waals surface area (Å²) in [5, 5.41) is 10.3. The van der Waals surface area contributed by atoms with Crippen LogP contribution in [0.1, 0.15) is 83.1 Å². The van der Waals surface area contributed by atoms with Crippen LogP contribution in [0.25, 0.3) is 5.70 Å². The molecule has 1 unspecified atom stereocenters. The fourth-order valence-electron chi connectivity index (χ4n) is 5.22. The van der Waals surface area contributed by atoms with Crippen molar-refractivity contribution >= 4 is 17.6 Å². The Morgan fingerprint density at radius 2 is 1.67 bits per heavy atom. The Morgan fingerprint density at radius 1 is 1.05 bits per heavy atom. The van der Waals surface area contributed by atoms with E-state index in [0.717, 1.165) is 36.8 Å². The van der Waals surface area contributed by atoms with Crippen molar-refractivity contribution < 1.29 is 14.6 Å². The first-order valence-corrected chi connectivity index (χ1v) is 13.9. The molecular weight excluding hydrogens is 488 g/mol. The third kappa shape index (κ3) is 6.64. The third-order valence-electron chi connectivity index (χ3n) is 8.53. The zero-order chi connectivity index (χ0) is 29.0. The Bertz CT molecular complexity index is 1190. The highest BCUT2D eigenvalue weighted by atomic mass is 16.5. The van der Waals surface area contributed by atoms with Crippen molar-refractivity contribution in [1.82, 2.24) is 4.90 Å². The molecule has 39 heavy (non-hydrogen) atoms. The van der Waals surface area contributed by atoms with Crippen LogP contribution in [0.3, 0.4) is 0 Å². The first kappa shape index (κ1) is 30.2. The second-order valence-electron chi connectivity index (χ2n) is 11.6. The standard InChI is InChI=1S/C19H28N4O2.C13H18O/c1-5-19(6-2)11-17(24)23(18(21)22-19)12-15-10-14(13(4)20)8-9-16(15)25-7-3;1-12(2)8-10-6-4-5-7-11(10)9-13(12,3)14/h8-10H,4-7,11-12,20H2,1-3H3,(H2,21,22);4-7,14H,8-9H2,1-3H3. The second kappa shape index (κ2) is 11.8. The summed E-state index contributed by atoms with van der Waals surface area (Å²) in [7, 11) is 0. The lowest BCUT2D eigenvalue weighted by atomic mass is 9.64. The highest BCUT2D eigenvalue weighted by molar-refractivity contribution is 5.99. The summed E-state index contributed by atoms with van der Waals surface area (Å²) in [4.78, 5) is 18.9. The first-order chi connectivity index (χ1) is 18.3. The lowest BCUT2D eigenvalue weighted by molar-refractivity contribution is -0.130. The van der Waals surface area contributed by atoms with Crippen molar-refractivity contribution in [3.05, 3.63) is 71.3 Å². The van der Waals surface area contributed by atoms with E-state index >= 15 is 0 Å². The number of nitrogens with zero attached hydrogens (tertiary/aromatic N) is 2. The molecule has 1 atom stereocenters. The van der Waals surface area contributed by atoms with Gasteiger partial charge in [-0.25, -0.2) is 4.99 Å². The van der Waals surface area contributed by atoms with Gasteiger partial charge in [-0.05, 0) is 73.4 Å². The maximum Gasteiger partial charge on any atom is 0.232 e. The fraction of sp³-hybridized carbons (Fsp3) is 0.500. The molecule has 1 heterocycles. The Balaban J connectivity index is 0.000000252. The van der Waals surface area contributed by atoms with Crippen LogP contribution in [-0.2, 0) is 24.2 Å². The number of fused-ring (bicyclic) bond motifs is 1. The molecule has 1 aliphatic heterocycles. The van der Waals surface area contributed by atoms with Gasteiger partial charge in [0.2, 0.25) is 5.91 Å². The molecular formula is C32H46N4O3. The minimum absolute atomic E-state index is 0.0179. The highest BCUT2D eigenvalue weighted by Crippen LogP contribution is 2.42. The SMILES string of the molecule is C=C(N)c1ccc(OCC)c(CN2C(=O)CC(CC)(CC)N=C2N)c1.CC1(C)Cc2ccccc2CC1(C)O. The molecule has 0 bridgehead atoms. The van der Waals surface area contributed by atoms with Gasteiger partial charge in [0.25, 0.3) is 0 Å². The molecule has 2 aromatic carbocycles. The van der Waals surface area contributed by atoms with E-state index in [9.17, 15) is 9.90 Å². The normalized spacial score (nSPS) is 21.3. The summed E-state index contributed by atoms with van der Waals surface area (Å²) in [5.74, 6) is 0.950. The monoisotopic (exact) mass is 534 g/mol. The van der Waals surface area contributed by atoms with Gasteiger partial charge in [-0.2, -0.15) is 0 Å². The van der Waals surface area contributed by atoms with E-state index in [0.29, 0.717) is 31.0 Å². The lowest BCUT2D eigenvalue weighted by Crippen LogP contribution is -2.50. The zero-order valence-corrected chi connectivity index (χ0v) is 24.5. The van der Waals surface area contributed by atoms with E-state index in [2.05, 4.69) is 43.6 Å². The molecule has 0 spiro atoms. The quantitative estimate of drug-likeness (QED) is 0.453. The van der Waals surface area contributed by atoms with Crippen LogP contribution in [0.4, 0.5) is 0 Å². The van der Waals surface area contributed by atoms with Gasteiger partial charge in [-0.3, -0.25) is 9.69 Å². The number of ether oxygens (including phenoxy) is 1. The van der Waals surface area contributed by atoms with E-state index < -0.39 is 5.60 Å². The molecule has 0 saturated carbocycles. The van der Waals surface area contributed by atoms with E-state index in [1.165, 1.54) is 16.0 Å². The van der Waals surface area contributed by atoms with Gasteiger partial charge in [0.05, 0.1) is 30.7 Å². The largest absolute Gasteiger partial charge is 0.494 e. The number of guanidine groups is 1. The van der Waals surface area contributed by atoms with Crippen LogP contribution in [0, 0.1) is 5.41 Å². The average molecular weight is 535 g/mol. The Labute approximate surface area is 233 Å². The molecule has 0 saturated heterocycles. The van der Waals surface area contributed by atoms with Crippen molar-refractivity contribution in [1.29, 1.82) is 0 Å². The maximum atomic E-state index is 12.7. The summed E-state index contributed by atoms with van der Waals surface area (Å²) in [5.41, 5.74) is 15.7. The van der Waals surface area contributed by atoms with Gasteiger partial charge in [0.15, 0.2) is 5.96 Å². The first-order valence-electron chi connectivity index (χ1n) is 13.9. The smallest absolute Gasteiger partial charge is 0.232 e.